The van der Waals surface area contributed by atoms with E-state index >= 15 is 0 Å². The molecule has 0 bridgehead atoms. The standard InChI is InChI=1S/C11H12INO5S/c12-9-2-1-7(5-8(9)10(15)16)19(17,18)13-11(6-14)3-4-11/h1-2,5,13-14H,3-4,6H2,(H,15,16). The molecule has 1 aliphatic carbocycles. The van der Waals surface area contributed by atoms with Crippen LogP contribution in [0, 0.1) is 3.57 Å². The Labute approximate surface area is 124 Å². The minimum atomic E-state index is -3.82. The minimum Gasteiger partial charge on any atom is -0.478 e. The molecule has 1 aliphatic rings. The van der Waals surface area contributed by atoms with E-state index in [1.807, 2.05) is 22.6 Å². The Hall–Kier alpha value is -0.710. The molecule has 3 N–H and O–H groups in total. The van der Waals surface area contributed by atoms with Crippen molar-refractivity contribution in [1.82, 2.24) is 4.72 Å². The van der Waals surface area contributed by atoms with E-state index in [2.05, 4.69) is 4.72 Å². The molecule has 8 heteroatoms. The summed E-state index contributed by atoms with van der Waals surface area (Å²) in [5, 5.41) is 18.1. The number of hydrogen-bond acceptors (Lipinski definition) is 4. The zero-order chi connectivity index (χ0) is 14.3. The molecule has 19 heavy (non-hydrogen) atoms. The van der Waals surface area contributed by atoms with Gasteiger partial charge in [0.1, 0.15) is 0 Å². The van der Waals surface area contributed by atoms with Crippen molar-refractivity contribution in [2.24, 2.45) is 0 Å². The second kappa shape index (κ2) is 5.00. The number of sulfonamides is 1. The highest BCUT2D eigenvalue weighted by Gasteiger charge is 2.45. The van der Waals surface area contributed by atoms with Crippen molar-refractivity contribution in [1.29, 1.82) is 0 Å². The van der Waals surface area contributed by atoms with Gasteiger partial charge in [-0.15, -0.1) is 0 Å². The summed E-state index contributed by atoms with van der Waals surface area (Å²) >= 11 is 1.83. The predicted octanol–water partition coefficient (Wildman–Crippen LogP) is 0.793. The van der Waals surface area contributed by atoms with Gasteiger partial charge in [-0.2, -0.15) is 0 Å². The maximum atomic E-state index is 12.1. The van der Waals surface area contributed by atoms with E-state index in [-0.39, 0.29) is 17.1 Å². The zero-order valence-electron chi connectivity index (χ0n) is 9.76. The van der Waals surface area contributed by atoms with Crippen molar-refractivity contribution in [3.05, 3.63) is 27.3 Å². The molecule has 1 aromatic rings. The summed E-state index contributed by atoms with van der Waals surface area (Å²) in [6, 6.07) is 3.92. The highest BCUT2D eigenvalue weighted by molar-refractivity contribution is 14.1. The lowest BCUT2D eigenvalue weighted by molar-refractivity contribution is 0.0695. The maximum Gasteiger partial charge on any atom is 0.336 e. The Bertz CT molecular complexity index is 624. The molecule has 104 valence electrons. The fraction of sp³-hybridized carbons (Fsp3) is 0.364. The van der Waals surface area contributed by atoms with Gasteiger partial charge in [-0.25, -0.2) is 17.9 Å². The fourth-order valence-corrected chi connectivity index (χ4v) is 3.67. The lowest BCUT2D eigenvalue weighted by Gasteiger charge is -2.15. The molecule has 0 spiro atoms. The van der Waals surface area contributed by atoms with Crippen LogP contribution in [0.2, 0.25) is 0 Å². The highest BCUT2D eigenvalue weighted by Crippen LogP contribution is 2.36. The van der Waals surface area contributed by atoms with Crippen LogP contribution in [-0.2, 0) is 10.0 Å². The van der Waals surface area contributed by atoms with Crippen LogP contribution in [0.25, 0.3) is 0 Å². The van der Waals surface area contributed by atoms with Crippen LogP contribution >= 0.6 is 22.6 Å². The topological polar surface area (TPSA) is 104 Å². The van der Waals surface area contributed by atoms with Gasteiger partial charge in [0.15, 0.2) is 0 Å². The molecule has 0 heterocycles. The van der Waals surface area contributed by atoms with E-state index in [4.69, 9.17) is 10.2 Å². The van der Waals surface area contributed by atoms with E-state index in [1.54, 1.807) is 0 Å². The van der Waals surface area contributed by atoms with Crippen molar-refractivity contribution in [2.75, 3.05) is 6.61 Å². The summed E-state index contributed by atoms with van der Waals surface area (Å²) < 4.78 is 27.1. The molecule has 1 fully saturated rings. The summed E-state index contributed by atoms with van der Waals surface area (Å²) in [7, 11) is -3.82. The Morgan fingerprint density at radius 3 is 2.53 bits per heavy atom. The Balaban J connectivity index is 2.36. The number of carboxylic acids is 1. The van der Waals surface area contributed by atoms with Gasteiger partial charge in [-0.3, -0.25) is 0 Å². The first-order valence-electron chi connectivity index (χ1n) is 5.47. The van der Waals surface area contributed by atoms with Crippen LogP contribution < -0.4 is 4.72 Å². The smallest absolute Gasteiger partial charge is 0.336 e. The molecule has 0 unspecified atom stereocenters. The number of rotatable bonds is 5. The molecule has 1 aromatic carbocycles. The van der Waals surface area contributed by atoms with E-state index in [0.717, 1.165) is 6.07 Å². The van der Waals surface area contributed by atoms with Gasteiger partial charge < -0.3 is 10.2 Å². The van der Waals surface area contributed by atoms with Crippen LogP contribution in [0.1, 0.15) is 23.2 Å². The number of aromatic carboxylic acids is 1. The number of aliphatic hydroxyl groups is 1. The molecular weight excluding hydrogens is 385 g/mol. The fourth-order valence-electron chi connectivity index (χ4n) is 1.62. The van der Waals surface area contributed by atoms with Crippen molar-refractivity contribution in [3.63, 3.8) is 0 Å². The monoisotopic (exact) mass is 397 g/mol. The highest BCUT2D eigenvalue weighted by atomic mass is 127. The molecule has 0 atom stereocenters. The van der Waals surface area contributed by atoms with Crippen molar-refractivity contribution < 1.29 is 23.4 Å². The normalized spacial score (nSPS) is 17.2. The predicted molar refractivity (Wildman–Crippen MR) is 75.5 cm³/mol. The summed E-state index contributed by atoms with van der Waals surface area (Å²) in [4.78, 5) is 10.9. The van der Waals surface area contributed by atoms with Gasteiger partial charge in [0.25, 0.3) is 0 Å². The zero-order valence-corrected chi connectivity index (χ0v) is 12.7. The van der Waals surface area contributed by atoms with Gasteiger partial charge in [0, 0.05) is 3.57 Å². The summed E-state index contributed by atoms with van der Waals surface area (Å²) in [6.45, 7) is -0.262. The Morgan fingerprint density at radius 2 is 2.05 bits per heavy atom. The minimum absolute atomic E-state index is 0.0580. The van der Waals surface area contributed by atoms with E-state index < -0.39 is 21.5 Å². The number of carbonyl (C=O) groups is 1. The number of benzene rings is 1. The molecule has 6 nitrogen and oxygen atoms in total. The van der Waals surface area contributed by atoms with Crippen molar-refractivity contribution in [3.8, 4) is 0 Å². The third-order valence-electron chi connectivity index (χ3n) is 2.99. The molecular formula is C11H12INO5S. The Morgan fingerprint density at radius 1 is 1.42 bits per heavy atom. The van der Waals surface area contributed by atoms with Crippen LogP contribution in [0.15, 0.2) is 23.1 Å². The SMILES string of the molecule is O=C(O)c1cc(S(=O)(=O)NC2(CO)CC2)ccc1I. The molecule has 0 aromatic heterocycles. The van der Waals surface area contributed by atoms with Crippen LogP contribution in [0.3, 0.4) is 0 Å². The molecule has 2 rings (SSSR count). The number of halogens is 1. The van der Waals surface area contributed by atoms with E-state index in [1.165, 1.54) is 12.1 Å². The molecule has 0 aliphatic heterocycles. The number of nitrogens with one attached hydrogen (secondary N) is 1. The largest absolute Gasteiger partial charge is 0.478 e. The summed E-state index contributed by atoms with van der Waals surface area (Å²) in [5.74, 6) is -1.18. The third kappa shape index (κ3) is 3.07. The molecule has 0 radical (unpaired) electrons. The quantitative estimate of drug-likeness (QED) is 0.638. The van der Waals surface area contributed by atoms with Gasteiger partial charge in [0.05, 0.1) is 22.6 Å². The van der Waals surface area contributed by atoms with E-state index in [9.17, 15) is 13.2 Å². The van der Waals surface area contributed by atoms with Gasteiger partial charge in [0.2, 0.25) is 10.0 Å². The number of aliphatic hydroxyl groups excluding tert-OH is 1. The maximum absolute atomic E-state index is 12.1. The average molecular weight is 397 g/mol. The molecule has 0 amide bonds. The number of carboxylic acid groups (broad SMARTS) is 1. The first kappa shape index (κ1) is 14.7. The lowest BCUT2D eigenvalue weighted by atomic mass is 10.2. The second-order valence-corrected chi connectivity index (χ2v) is 7.34. The van der Waals surface area contributed by atoms with Gasteiger partial charge in [-0.05, 0) is 53.6 Å². The van der Waals surface area contributed by atoms with E-state index in [0.29, 0.717) is 16.4 Å². The van der Waals surface area contributed by atoms with Gasteiger partial charge >= 0.3 is 5.97 Å². The van der Waals surface area contributed by atoms with Crippen molar-refractivity contribution >= 4 is 38.6 Å². The lowest BCUT2D eigenvalue weighted by Crippen LogP contribution is -2.39. The first-order valence-corrected chi connectivity index (χ1v) is 8.04. The van der Waals surface area contributed by atoms with Crippen molar-refractivity contribution in [2.45, 2.75) is 23.3 Å². The first-order chi connectivity index (χ1) is 8.80. The summed E-state index contributed by atoms with van der Waals surface area (Å²) in [6.07, 6.45) is 1.16. The molecule has 1 saturated carbocycles. The van der Waals surface area contributed by atoms with Crippen LogP contribution in [0.5, 0.6) is 0 Å². The average Bonchev–Trinajstić information content (AvgIpc) is 3.08. The molecule has 0 saturated heterocycles. The number of hydrogen-bond donors (Lipinski definition) is 3. The second-order valence-electron chi connectivity index (χ2n) is 4.49. The van der Waals surface area contributed by atoms with Crippen LogP contribution in [0.4, 0.5) is 0 Å². The summed E-state index contributed by atoms with van der Waals surface area (Å²) in [5.41, 5.74) is -0.831. The van der Waals surface area contributed by atoms with Gasteiger partial charge in [-0.1, -0.05) is 0 Å². The Kier molecular flexibility index (Phi) is 3.87. The third-order valence-corrected chi connectivity index (χ3v) is 5.50. The van der Waals surface area contributed by atoms with Crippen LogP contribution in [-0.4, -0.2) is 36.7 Å².